The summed E-state index contributed by atoms with van der Waals surface area (Å²) in [6.07, 6.45) is 1.39. The zero-order valence-electron chi connectivity index (χ0n) is 16.5. The number of rotatable bonds is 5. The van der Waals surface area contributed by atoms with E-state index in [4.69, 9.17) is 16.3 Å². The van der Waals surface area contributed by atoms with E-state index >= 15 is 0 Å². The second-order valence-corrected chi connectivity index (χ2v) is 7.36. The molecule has 3 aromatic rings. The number of carbonyl (C=O) groups is 3. The molecule has 0 spiro atoms. The number of halogens is 2. The van der Waals surface area contributed by atoms with Crippen LogP contribution in [0.15, 0.2) is 78.4 Å². The summed E-state index contributed by atoms with van der Waals surface area (Å²) in [6.45, 7) is 0.221. The van der Waals surface area contributed by atoms with E-state index in [0.717, 1.165) is 10.5 Å². The molecule has 1 saturated heterocycles. The van der Waals surface area contributed by atoms with Crippen LogP contribution in [-0.4, -0.2) is 17.8 Å². The molecular formula is C24H16ClFN2O4. The van der Waals surface area contributed by atoms with Gasteiger partial charge in [-0.3, -0.25) is 14.9 Å². The van der Waals surface area contributed by atoms with Gasteiger partial charge < -0.3 is 4.74 Å². The minimum Gasteiger partial charge on any atom is -0.489 e. The van der Waals surface area contributed by atoms with E-state index in [1.807, 2.05) is 0 Å². The minimum atomic E-state index is -0.837. The Labute approximate surface area is 187 Å². The average Bonchev–Trinajstić information content (AvgIpc) is 2.78. The summed E-state index contributed by atoms with van der Waals surface area (Å²) in [4.78, 5) is 38.4. The molecule has 0 saturated carbocycles. The second-order valence-electron chi connectivity index (χ2n) is 6.92. The van der Waals surface area contributed by atoms with Crippen molar-refractivity contribution >= 4 is 41.2 Å². The van der Waals surface area contributed by atoms with Gasteiger partial charge in [-0.1, -0.05) is 35.9 Å². The van der Waals surface area contributed by atoms with E-state index in [1.165, 1.54) is 30.3 Å². The number of imide groups is 2. The lowest BCUT2D eigenvalue weighted by Crippen LogP contribution is -2.54. The molecule has 0 atom stereocenters. The number of anilines is 1. The third kappa shape index (κ3) is 4.68. The van der Waals surface area contributed by atoms with Gasteiger partial charge in [-0.15, -0.1) is 0 Å². The number of amides is 4. The first-order valence-electron chi connectivity index (χ1n) is 9.55. The van der Waals surface area contributed by atoms with Crippen LogP contribution in [0.25, 0.3) is 6.08 Å². The summed E-state index contributed by atoms with van der Waals surface area (Å²) in [5.41, 5.74) is 1.40. The van der Waals surface area contributed by atoms with Crippen molar-refractivity contribution in [3.05, 3.63) is 100 Å². The highest BCUT2D eigenvalue weighted by Crippen LogP contribution is 2.24. The van der Waals surface area contributed by atoms with Crippen LogP contribution in [-0.2, 0) is 16.2 Å². The highest BCUT2D eigenvalue weighted by atomic mass is 35.5. The van der Waals surface area contributed by atoms with Gasteiger partial charge in [0.25, 0.3) is 11.8 Å². The third-order valence-corrected chi connectivity index (χ3v) is 4.93. The van der Waals surface area contributed by atoms with Crippen molar-refractivity contribution in [1.82, 2.24) is 5.32 Å². The molecule has 0 aromatic heterocycles. The van der Waals surface area contributed by atoms with E-state index in [0.29, 0.717) is 16.3 Å². The molecule has 32 heavy (non-hydrogen) atoms. The first-order chi connectivity index (χ1) is 15.4. The maximum absolute atomic E-state index is 13.0. The molecule has 1 N–H and O–H groups in total. The zero-order valence-corrected chi connectivity index (χ0v) is 17.3. The SMILES string of the molecule is O=C1NC(=O)N(c2ccc(Cl)cc2)C(=O)/C1=C/c1cccc(OCc2ccc(F)cc2)c1. The van der Waals surface area contributed by atoms with Gasteiger partial charge in [0.2, 0.25) is 0 Å². The molecule has 160 valence electrons. The van der Waals surface area contributed by atoms with Crippen molar-refractivity contribution in [3.63, 3.8) is 0 Å². The molecule has 1 heterocycles. The highest BCUT2D eigenvalue weighted by Gasteiger charge is 2.36. The van der Waals surface area contributed by atoms with Crippen LogP contribution in [0.4, 0.5) is 14.9 Å². The van der Waals surface area contributed by atoms with Gasteiger partial charge in [0.1, 0.15) is 23.7 Å². The number of hydrogen-bond acceptors (Lipinski definition) is 4. The van der Waals surface area contributed by atoms with E-state index in [-0.39, 0.29) is 23.7 Å². The Hall–Kier alpha value is -3.97. The fourth-order valence-corrected chi connectivity index (χ4v) is 3.22. The lowest BCUT2D eigenvalue weighted by atomic mass is 10.1. The van der Waals surface area contributed by atoms with Crippen LogP contribution in [0.3, 0.4) is 0 Å². The fraction of sp³-hybridized carbons (Fsp3) is 0.0417. The molecule has 8 heteroatoms. The first-order valence-corrected chi connectivity index (χ1v) is 9.93. The molecule has 0 unspecified atom stereocenters. The number of nitrogens with zero attached hydrogens (tertiary/aromatic N) is 1. The highest BCUT2D eigenvalue weighted by molar-refractivity contribution is 6.39. The Morgan fingerprint density at radius 2 is 1.69 bits per heavy atom. The second kappa shape index (κ2) is 9.03. The summed E-state index contributed by atoms with van der Waals surface area (Å²) in [6, 6.07) is 18.0. The summed E-state index contributed by atoms with van der Waals surface area (Å²) in [5, 5.41) is 2.62. The van der Waals surface area contributed by atoms with Gasteiger partial charge in [-0.25, -0.2) is 14.1 Å². The summed E-state index contributed by atoms with van der Waals surface area (Å²) in [5.74, 6) is -1.37. The lowest BCUT2D eigenvalue weighted by Gasteiger charge is -2.26. The maximum atomic E-state index is 13.0. The fourth-order valence-electron chi connectivity index (χ4n) is 3.09. The Morgan fingerprint density at radius 1 is 0.969 bits per heavy atom. The van der Waals surface area contributed by atoms with Crippen LogP contribution >= 0.6 is 11.6 Å². The Balaban J connectivity index is 1.56. The quantitative estimate of drug-likeness (QED) is 0.450. The van der Waals surface area contributed by atoms with Crippen molar-refractivity contribution in [2.75, 3.05) is 4.90 Å². The molecule has 1 aliphatic heterocycles. The van der Waals surface area contributed by atoms with Crippen LogP contribution < -0.4 is 15.0 Å². The van der Waals surface area contributed by atoms with Gasteiger partial charge >= 0.3 is 6.03 Å². The molecule has 0 aliphatic carbocycles. The smallest absolute Gasteiger partial charge is 0.335 e. The molecule has 0 bridgehead atoms. The van der Waals surface area contributed by atoms with Gasteiger partial charge in [-0.05, 0) is 65.7 Å². The van der Waals surface area contributed by atoms with Gasteiger partial charge in [-0.2, -0.15) is 0 Å². The van der Waals surface area contributed by atoms with Crippen molar-refractivity contribution < 1.29 is 23.5 Å². The summed E-state index contributed by atoms with van der Waals surface area (Å²) >= 11 is 5.87. The zero-order chi connectivity index (χ0) is 22.7. The topological polar surface area (TPSA) is 75.7 Å². The number of barbiturate groups is 1. The minimum absolute atomic E-state index is 0.199. The Morgan fingerprint density at radius 3 is 2.41 bits per heavy atom. The normalized spacial score (nSPS) is 15.1. The molecule has 3 aromatic carbocycles. The number of benzene rings is 3. The molecule has 1 fully saturated rings. The number of nitrogens with one attached hydrogen (secondary N) is 1. The monoisotopic (exact) mass is 450 g/mol. The third-order valence-electron chi connectivity index (χ3n) is 4.67. The van der Waals surface area contributed by atoms with Crippen LogP contribution in [0.5, 0.6) is 5.75 Å². The Kier molecular flexibility index (Phi) is 6.00. The average molecular weight is 451 g/mol. The van der Waals surface area contributed by atoms with Crippen molar-refractivity contribution in [1.29, 1.82) is 0 Å². The predicted octanol–water partition coefficient (Wildman–Crippen LogP) is 4.72. The molecule has 1 aliphatic rings. The van der Waals surface area contributed by atoms with Crippen LogP contribution in [0.2, 0.25) is 5.02 Å². The lowest BCUT2D eigenvalue weighted by molar-refractivity contribution is -0.122. The van der Waals surface area contributed by atoms with Crippen LogP contribution in [0, 0.1) is 5.82 Å². The number of hydrogen-bond donors (Lipinski definition) is 1. The number of carbonyl (C=O) groups excluding carboxylic acids is 3. The molecule has 6 nitrogen and oxygen atoms in total. The van der Waals surface area contributed by atoms with E-state index in [1.54, 1.807) is 48.5 Å². The first kappa shape index (κ1) is 21.3. The van der Waals surface area contributed by atoms with Crippen molar-refractivity contribution in [2.24, 2.45) is 0 Å². The van der Waals surface area contributed by atoms with Gasteiger partial charge in [0.15, 0.2) is 0 Å². The summed E-state index contributed by atoms with van der Waals surface area (Å²) < 4.78 is 18.7. The Bertz CT molecular complexity index is 1220. The van der Waals surface area contributed by atoms with Crippen molar-refractivity contribution in [3.8, 4) is 5.75 Å². The van der Waals surface area contributed by atoms with E-state index in [2.05, 4.69) is 5.32 Å². The number of urea groups is 1. The number of ether oxygens (including phenoxy) is 1. The van der Waals surface area contributed by atoms with Gasteiger partial charge in [0.05, 0.1) is 5.69 Å². The predicted molar refractivity (Wildman–Crippen MR) is 118 cm³/mol. The molecule has 4 amide bonds. The van der Waals surface area contributed by atoms with Gasteiger partial charge in [0, 0.05) is 5.02 Å². The molecule has 4 rings (SSSR count). The molecular weight excluding hydrogens is 435 g/mol. The van der Waals surface area contributed by atoms with Crippen LogP contribution in [0.1, 0.15) is 11.1 Å². The van der Waals surface area contributed by atoms with Crippen molar-refractivity contribution in [2.45, 2.75) is 6.61 Å². The maximum Gasteiger partial charge on any atom is 0.335 e. The summed E-state index contributed by atoms with van der Waals surface area (Å²) in [7, 11) is 0. The van der Waals surface area contributed by atoms with E-state index < -0.39 is 17.8 Å². The van der Waals surface area contributed by atoms with E-state index in [9.17, 15) is 18.8 Å². The molecule has 0 radical (unpaired) electrons. The standard InChI is InChI=1S/C24H16ClFN2O4/c25-17-6-10-19(11-7-17)28-23(30)21(22(29)27-24(28)31)13-16-2-1-3-20(12-16)32-14-15-4-8-18(26)9-5-15/h1-13H,14H2,(H,27,29,31)/b21-13+. The largest absolute Gasteiger partial charge is 0.489 e.